The van der Waals surface area contributed by atoms with Gasteiger partial charge >= 0.3 is 0 Å². The molecule has 2 aromatic rings. The second kappa shape index (κ2) is 11.5. The third-order valence-corrected chi connectivity index (χ3v) is 6.68. The van der Waals surface area contributed by atoms with Crippen molar-refractivity contribution < 1.29 is 18.0 Å². The van der Waals surface area contributed by atoms with Crippen molar-refractivity contribution in [2.24, 2.45) is 0 Å². The van der Waals surface area contributed by atoms with E-state index in [-0.39, 0.29) is 18.5 Å². The molecule has 33 heavy (non-hydrogen) atoms. The van der Waals surface area contributed by atoms with Crippen molar-refractivity contribution in [1.82, 2.24) is 10.2 Å². The number of anilines is 1. The maximum absolute atomic E-state index is 13.5. The van der Waals surface area contributed by atoms with Crippen molar-refractivity contribution in [3.8, 4) is 0 Å². The minimum atomic E-state index is -3.79. The number of sulfonamides is 1. The summed E-state index contributed by atoms with van der Waals surface area (Å²) >= 11 is 6.21. The molecule has 0 aliphatic rings. The second-order valence-electron chi connectivity index (χ2n) is 8.30. The van der Waals surface area contributed by atoms with Crippen LogP contribution in [0.1, 0.15) is 38.3 Å². The van der Waals surface area contributed by atoms with Gasteiger partial charge in [-0.25, -0.2) is 8.42 Å². The molecule has 7 nitrogen and oxygen atoms in total. The van der Waals surface area contributed by atoms with E-state index < -0.39 is 28.5 Å². The van der Waals surface area contributed by atoms with Gasteiger partial charge in [-0.1, -0.05) is 54.9 Å². The van der Waals surface area contributed by atoms with E-state index in [0.29, 0.717) is 17.1 Å². The smallest absolute Gasteiger partial charge is 0.244 e. The third-order valence-electron chi connectivity index (χ3n) is 5.14. The molecule has 0 aliphatic carbocycles. The van der Waals surface area contributed by atoms with E-state index in [1.165, 1.54) is 11.0 Å². The number of hydrogen-bond donors (Lipinski definition) is 1. The Bertz CT molecular complexity index is 1070. The van der Waals surface area contributed by atoms with Crippen LogP contribution in [0.2, 0.25) is 5.02 Å². The number of halogens is 1. The van der Waals surface area contributed by atoms with Gasteiger partial charge in [0, 0.05) is 17.6 Å². The van der Waals surface area contributed by atoms with Gasteiger partial charge < -0.3 is 10.2 Å². The average Bonchev–Trinajstić information content (AvgIpc) is 2.73. The maximum Gasteiger partial charge on any atom is 0.244 e. The van der Waals surface area contributed by atoms with Crippen molar-refractivity contribution in [2.45, 2.75) is 52.7 Å². The van der Waals surface area contributed by atoms with Gasteiger partial charge in [-0.05, 0) is 50.5 Å². The Balaban J connectivity index is 2.43. The molecule has 2 aromatic carbocycles. The molecule has 2 amide bonds. The molecule has 1 N–H and O–H groups in total. The van der Waals surface area contributed by atoms with E-state index >= 15 is 0 Å². The van der Waals surface area contributed by atoms with Gasteiger partial charge in [0.2, 0.25) is 21.8 Å². The quantitative estimate of drug-likeness (QED) is 0.546. The van der Waals surface area contributed by atoms with Crippen molar-refractivity contribution in [3.05, 3.63) is 64.7 Å². The first-order valence-corrected chi connectivity index (χ1v) is 13.0. The van der Waals surface area contributed by atoms with Gasteiger partial charge in [0.15, 0.2) is 0 Å². The summed E-state index contributed by atoms with van der Waals surface area (Å²) in [6, 6.07) is 13.3. The molecule has 2 rings (SSSR count). The zero-order chi connectivity index (χ0) is 24.8. The Hall–Kier alpha value is -2.58. The van der Waals surface area contributed by atoms with Crippen molar-refractivity contribution >= 4 is 39.1 Å². The highest BCUT2D eigenvalue weighted by molar-refractivity contribution is 7.92. The number of amides is 2. The van der Waals surface area contributed by atoms with E-state index in [4.69, 9.17) is 11.6 Å². The van der Waals surface area contributed by atoms with Gasteiger partial charge in [-0.2, -0.15) is 0 Å². The van der Waals surface area contributed by atoms with E-state index in [0.717, 1.165) is 21.7 Å². The first-order chi connectivity index (χ1) is 15.4. The minimum absolute atomic E-state index is 0.0950. The summed E-state index contributed by atoms with van der Waals surface area (Å²) in [7, 11) is -3.79. The van der Waals surface area contributed by atoms with Crippen LogP contribution >= 0.6 is 11.6 Å². The monoisotopic (exact) mass is 493 g/mol. The first-order valence-electron chi connectivity index (χ1n) is 10.8. The fourth-order valence-corrected chi connectivity index (χ4v) is 4.45. The molecular formula is C24H32ClN3O4S. The van der Waals surface area contributed by atoms with Crippen LogP contribution in [0.5, 0.6) is 0 Å². The van der Waals surface area contributed by atoms with E-state index in [1.54, 1.807) is 12.1 Å². The summed E-state index contributed by atoms with van der Waals surface area (Å²) in [5, 5.41) is 3.26. The first kappa shape index (κ1) is 26.7. The highest BCUT2D eigenvalue weighted by atomic mass is 35.5. The fourth-order valence-electron chi connectivity index (χ4n) is 3.43. The largest absolute Gasteiger partial charge is 0.352 e. The van der Waals surface area contributed by atoms with Gasteiger partial charge in [-0.15, -0.1) is 0 Å². The Morgan fingerprint density at radius 2 is 1.73 bits per heavy atom. The van der Waals surface area contributed by atoms with E-state index in [1.807, 2.05) is 58.0 Å². The van der Waals surface area contributed by atoms with E-state index in [2.05, 4.69) is 5.32 Å². The number of nitrogens with zero attached hydrogens (tertiary/aromatic N) is 2. The number of benzene rings is 2. The van der Waals surface area contributed by atoms with Crippen LogP contribution < -0.4 is 9.62 Å². The van der Waals surface area contributed by atoms with Crippen molar-refractivity contribution in [2.75, 3.05) is 17.1 Å². The molecule has 0 bridgehead atoms. The van der Waals surface area contributed by atoms with E-state index in [9.17, 15) is 18.0 Å². The number of carbonyl (C=O) groups is 2. The normalized spacial score (nSPS) is 12.3. The molecule has 180 valence electrons. The molecule has 0 heterocycles. The van der Waals surface area contributed by atoms with Gasteiger partial charge in [0.25, 0.3) is 0 Å². The lowest BCUT2D eigenvalue weighted by atomic mass is 10.1. The highest BCUT2D eigenvalue weighted by Crippen LogP contribution is 2.25. The van der Waals surface area contributed by atoms with Crippen LogP contribution in [0.15, 0.2) is 48.5 Å². The number of hydrogen-bond acceptors (Lipinski definition) is 4. The standard InChI is InChI=1S/C24H32ClN3O4S/c1-6-22(24(30)26-17(2)3)27(15-19-10-8-7-9-11-19)23(29)16-28(33(5,31)32)20-13-12-18(4)21(25)14-20/h7-14,17,22H,6,15-16H2,1-5H3,(H,26,30)/t22-/m0/s1. The van der Waals surface area contributed by atoms with Gasteiger partial charge in [0.05, 0.1) is 11.9 Å². The lowest BCUT2D eigenvalue weighted by molar-refractivity contribution is -0.140. The summed E-state index contributed by atoms with van der Waals surface area (Å²) < 4.78 is 26.2. The lowest BCUT2D eigenvalue weighted by Crippen LogP contribution is -2.53. The Kier molecular flexibility index (Phi) is 9.31. The molecule has 0 radical (unpaired) electrons. The SMILES string of the molecule is CC[C@@H](C(=O)NC(C)C)N(Cc1ccccc1)C(=O)CN(c1ccc(C)c(Cl)c1)S(C)(=O)=O. The van der Waals surface area contributed by atoms with Crippen molar-refractivity contribution in [1.29, 1.82) is 0 Å². The highest BCUT2D eigenvalue weighted by Gasteiger charge is 2.32. The zero-order valence-corrected chi connectivity index (χ0v) is 21.3. The number of carbonyl (C=O) groups excluding carboxylic acids is 2. The number of nitrogens with one attached hydrogen (secondary N) is 1. The maximum atomic E-state index is 13.5. The fraction of sp³-hybridized carbons (Fsp3) is 0.417. The molecule has 0 aromatic heterocycles. The minimum Gasteiger partial charge on any atom is -0.352 e. The van der Waals surface area contributed by atoms with Crippen LogP contribution in [-0.4, -0.2) is 50.0 Å². The molecule has 0 aliphatic heterocycles. The molecule has 0 saturated heterocycles. The molecular weight excluding hydrogens is 462 g/mol. The summed E-state index contributed by atoms with van der Waals surface area (Å²) in [6.45, 7) is 7.06. The number of aryl methyl sites for hydroxylation is 1. The van der Waals surface area contributed by atoms with Crippen LogP contribution in [0, 0.1) is 6.92 Å². The Morgan fingerprint density at radius 1 is 1.09 bits per heavy atom. The molecule has 9 heteroatoms. The Morgan fingerprint density at radius 3 is 2.24 bits per heavy atom. The summed E-state index contributed by atoms with van der Waals surface area (Å²) in [5.41, 5.74) is 1.93. The lowest BCUT2D eigenvalue weighted by Gasteiger charge is -2.33. The predicted molar refractivity (Wildman–Crippen MR) is 133 cm³/mol. The van der Waals surface area contributed by atoms with Gasteiger partial charge in [0.1, 0.15) is 12.6 Å². The molecule has 0 fully saturated rings. The average molecular weight is 494 g/mol. The third kappa shape index (κ3) is 7.47. The Labute approximate surface area is 201 Å². The van der Waals surface area contributed by atoms with Gasteiger partial charge in [-0.3, -0.25) is 13.9 Å². The summed E-state index contributed by atoms with van der Waals surface area (Å²) in [6.07, 6.45) is 1.42. The molecule has 0 saturated carbocycles. The molecule has 1 atom stereocenters. The van der Waals surface area contributed by atoms with Crippen LogP contribution in [0.4, 0.5) is 5.69 Å². The van der Waals surface area contributed by atoms with Crippen LogP contribution in [0.3, 0.4) is 0 Å². The predicted octanol–water partition coefficient (Wildman–Crippen LogP) is 3.75. The second-order valence-corrected chi connectivity index (χ2v) is 10.6. The van der Waals surface area contributed by atoms with Crippen molar-refractivity contribution in [3.63, 3.8) is 0 Å². The molecule has 0 unspecified atom stereocenters. The van der Waals surface area contributed by atoms with Crippen LogP contribution in [0.25, 0.3) is 0 Å². The zero-order valence-electron chi connectivity index (χ0n) is 19.7. The summed E-state index contributed by atoms with van der Waals surface area (Å²) in [5.74, 6) is -0.757. The topological polar surface area (TPSA) is 86.8 Å². The van der Waals surface area contributed by atoms with Crippen LogP contribution in [-0.2, 0) is 26.2 Å². The number of rotatable bonds is 10. The summed E-state index contributed by atoms with van der Waals surface area (Å²) in [4.78, 5) is 27.9. The molecule has 0 spiro atoms.